The number of nitrogens with one attached hydrogen (secondary N) is 1. The van der Waals surface area contributed by atoms with E-state index in [0.29, 0.717) is 16.7 Å². The van der Waals surface area contributed by atoms with Gasteiger partial charge in [0.2, 0.25) is 5.16 Å². The van der Waals surface area contributed by atoms with Crippen molar-refractivity contribution in [3.05, 3.63) is 30.1 Å². The van der Waals surface area contributed by atoms with Crippen LogP contribution in [-0.4, -0.2) is 32.0 Å². The lowest BCUT2D eigenvalue weighted by molar-refractivity contribution is -0.136. The van der Waals surface area contributed by atoms with Gasteiger partial charge in [-0.15, -0.1) is 5.10 Å². The molecule has 0 amide bonds. The normalized spacial score (nSPS) is 10.5. The van der Waals surface area contributed by atoms with Crippen molar-refractivity contribution in [1.29, 1.82) is 0 Å². The van der Waals surface area contributed by atoms with E-state index in [9.17, 15) is 9.18 Å². The summed E-state index contributed by atoms with van der Waals surface area (Å²) in [5.74, 6) is -0.213. The van der Waals surface area contributed by atoms with Crippen LogP contribution in [0.1, 0.15) is 6.42 Å². The average molecular weight is 267 g/mol. The number of aromatic nitrogens is 3. The Morgan fingerprint density at radius 2 is 2.11 bits per heavy atom. The zero-order valence-electron chi connectivity index (χ0n) is 9.26. The van der Waals surface area contributed by atoms with E-state index >= 15 is 0 Å². The first-order chi connectivity index (χ1) is 8.65. The molecule has 2 aromatic rings. The predicted octanol–water partition coefficient (Wildman–Crippen LogP) is 2.18. The number of nitrogens with zero attached hydrogens (tertiary/aromatic N) is 2. The standard InChI is InChI=1S/C11H10FN3O2S/c12-8-3-1-7(2-4-8)10-13-11(15-14-10)18-6-5-9(16)17/h1-4H,5-6H2,(H,16,17)(H,13,14,15). The summed E-state index contributed by atoms with van der Waals surface area (Å²) in [6, 6.07) is 5.88. The second-order valence-corrected chi connectivity index (χ2v) is 4.53. The van der Waals surface area contributed by atoms with Crippen molar-refractivity contribution in [1.82, 2.24) is 15.2 Å². The number of H-pyrrole nitrogens is 1. The second kappa shape index (κ2) is 5.63. The monoisotopic (exact) mass is 267 g/mol. The minimum absolute atomic E-state index is 0.0606. The van der Waals surface area contributed by atoms with Gasteiger partial charge in [0, 0.05) is 11.3 Å². The number of hydrogen-bond acceptors (Lipinski definition) is 4. The fraction of sp³-hybridized carbons (Fsp3) is 0.182. The molecule has 0 bridgehead atoms. The van der Waals surface area contributed by atoms with Gasteiger partial charge in [-0.05, 0) is 24.3 Å². The van der Waals surface area contributed by atoms with Gasteiger partial charge in [0.15, 0.2) is 5.82 Å². The third-order valence-electron chi connectivity index (χ3n) is 2.13. The second-order valence-electron chi connectivity index (χ2n) is 3.47. The van der Waals surface area contributed by atoms with E-state index in [1.807, 2.05) is 0 Å². The summed E-state index contributed by atoms with van der Waals surface area (Å²) in [5, 5.41) is 15.7. The van der Waals surface area contributed by atoms with Crippen LogP contribution >= 0.6 is 11.8 Å². The molecule has 0 atom stereocenters. The SMILES string of the molecule is O=C(O)CCSc1n[nH]c(-c2ccc(F)cc2)n1. The van der Waals surface area contributed by atoms with E-state index < -0.39 is 5.97 Å². The third-order valence-corrected chi connectivity index (χ3v) is 2.98. The molecule has 0 saturated carbocycles. The molecule has 2 N–H and O–H groups in total. The molecule has 1 aromatic carbocycles. The highest BCUT2D eigenvalue weighted by molar-refractivity contribution is 7.99. The van der Waals surface area contributed by atoms with Gasteiger partial charge in [-0.25, -0.2) is 9.37 Å². The van der Waals surface area contributed by atoms with Crippen molar-refractivity contribution in [3.8, 4) is 11.4 Å². The molecular weight excluding hydrogens is 257 g/mol. The number of benzene rings is 1. The Morgan fingerprint density at radius 3 is 2.78 bits per heavy atom. The molecule has 2 rings (SSSR count). The minimum atomic E-state index is -0.850. The number of carbonyl (C=O) groups is 1. The quantitative estimate of drug-likeness (QED) is 0.812. The molecule has 7 heteroatoms. The Balaban J connectivity index is 2.01. The van der Waals surface area contributed by atoms with Gasteiger partial charge >= 0.3 is 5.97 Å². The molecule has 18 heavy (non-hydrogen) atoms. The smallest absolute Gasteiger partial charge is 0.304 e. The highest BCUT2D eigenvalue weighted by Gasteiger charge is 2.07. The van der Waals surface area contributed by atoms with E-state index in [0.717, 1.165) is 5.56 Å². The van der Waals surface area contributed by atoms with Gasteiger partial charge < -0.3 is 5.11 Å². The number of aromatic amines is 1. The summed E-state index contributed by atoms with van der Waals surface area (Å²) in [7, 11) is 0. The Kier molecular flexibility index (Phi) is 3.93. The highest BCUT2D eigenvalue weighted by Crippen LogP contribution is 2.19. The van der Waals surface area contributed by atoms with Crippen LogP contribution in [0.15, 0.2) is 29.4 Å². The van der Waals surface area contributed by atoms with Gasteiger partial charge in [0.1, 0.15) is 5.82 Å². The number of aliphatic carboxylic acids is 1. The lowest BCUT2D eigenvalue weighted by Crippen LogP contribution is -1.95. The summed E-state index contributed by atoms with van der Waals surface area (Å²) in [5.41, 5.74) is 0.731. The lowest BCUT2D eigenvalue weighted by atomic mass is 10.2. The Bertz CT molecular complexity index is 541. The first-order valence-electron chi connectivity index (χ1n) is 5.18. The molecule has 0 aliphatic rings. The van der Waals surface area contributed by atoms with Crippen LogP contribution in [0.4, 0.5) is 4.39 Å². The molecule has 1 aromatic heterocycles. The van der Waals surface area contributed by atoms with Crippen LogP contribution in [0.25, 0.3) is 11.4 Å². The number of hydrogen-bond donors (Lipinski definition) is 2. The maximum absolute atomic E-state index is 12.7. The fourth-order valence-electron chi connectivity index (χ4n) is 1.28. The van der Waals surface area contributed by atoms with Crippen LogP contribution in [-0.2, 0) is 4.79 Å². The molecule has 0 unspecified atom stereocenters. The van der Waals surface area contributed by atoms with Crippen molar-refractivity contribution in [2.24, 2.45) is 0 Å². The van der Waals surface area contributed by atoms with Crippen molar-refractivity contribution >= 4 is 17.7 Å². The van der Waals surface area contributed by atoms with Crippen LogP contribution in [0, 0.1) is 5.82 Å². The van der Waals surface area contributed by atoms with Gasteiger partial charge in [0.25, 0.3) is 0 Å². The van der Waals surface area contributed by atoms with Crippen molar-refractivity contribution in [2.45, 2.75) is 11.6 Å². The first kappa shape index (κ1) is 12.6. The third kappa shape index (κ3) is 3.30. The first-order valence-corrected chi connectivity index (χ1v) is 6.16. The van der Waals surface area contributed by atoms with E-state index in [2.05, 4.69) is 15.2 Å². The van der Waals surface area contributed by atoms with E-state index in [-0.39, 0.29) is 12.2 Å². The predicted molar refractivity (Wildman–Crippen MR) is 64.8 cm³/mol. The number of carboxylic acid groups (broad SMARTS) is 1. The maximum Gasteiger partial charge on any atom is 0.304 e. The maximum atomic E-state index is 12.7. The van der Waals surface area contributed by atoms with Gasteiger partial charge in [-0.2, -0.15) is 0 Å². The molecule has 5 nitrogen and oxygen atoms in total. The van der Waals surface area contributed by atoms with Crippen molar-refractivity contribution in [3.63, 3.8) is 0 Å². The average Bonchev–Trinajstić information content (AvgIpc) is 2.78. The summed E-state index contributed by atoms with van der Waals surface area (Å²) in [6.45, 7) is 0. The summed E-state index contributed by atoms with van der Waals surface area (Å²) in [6.07, 6.45) is 0.0606. The number of rotatable bonds is 5. The molecule has 0 aliphatic carbocycles. The molecule has 94 valence electrons. The number of halogens is 1. The van der Waals surface area contributed by atoms with E-state index in [4.69, 9.17) is 5.11 Å². The molecule has 0 spiro atoms. The van der Waals surface area contributed by atoms with Crippen LogP contribution in [0.3, 0.4) is 0 Å². The Labute approximate surface area is 106 Å². The molecule has 0 radical (unpaired) electrons. The van der Waals surface area contributed by atoms with Gasteiger partial charge in [-0.1, -0.05) is 11.8 Å². The van der Waals surface area contributed by atoms with Crippen molar-refractivity contribution < 1.29 is 14.3 Å². The molecular formula is C11H10FN3O2S. The number of thioether (sulfide) groups is 1. The highest BCUT2D eigenvalue weighted by atomic mass is 32.2. The van der Waals surface area contributed by atoms with Crippen LogP contribution < -0.4 is 0 Å². The van der Waals surface area contributed by atoms with Crippen molar-refractivity contribution in [2.75, 3.05) is 5.75 Å². The summed E-state index contributed by atoms with van der Waals surface area (Å²) in [4.78, 5) is 14.5. The summed E-state index contributed by atoms with van der Waals surface area (Å²) < 4.78 is 12.7. The molecule has 0 aliphatic heterocycles. The van der Waals surface area contributed by atoms with Crippen LogP contribution in [0.5, 0.6) is 0 Å². The zero-order chi connectivity index (χ0) is 13.0. The Hall–Kier alpha value is -1.89. The van der Waals surface area contributed by atoms with E-state index in [1.165, 1.54) is 23.9 Å². The Morgan fingerprint density at radius 1 is 1.39 bits per heavy atom. The van der Waals surface area contributed by atoms with Gasteiger partial charge in [0.05, 0.1) is 6.42 Å². The molecule has 1 heterocycles. The molecule has 0 saturated heterocycles. The van der Waals surface area contributed by atoms with Gasteiger partial charge in [-0.3, -0.25) is 9.89 Å². The number of carboxylic acids is 1. The lowest BCUT2D eigenvalue weighted by Gasteiger charge is -1.94. The molecule has 0 fully saturated rings. The topological polar surface area (TPSA) is 78.9 Å². The largest absolute Gasteiger partial charge is 0.481 e. The summed E-state index contributed by atoms with van der Waals surface area (Å²) >= 11 is 1.26. The van der Waals surface area contributed by atoms with E-state index in [1.54, 1.807) is 12.1 Å². The van der Waals surface area contributed by atoms with Crippen LogP contribution in [0.2, 0.25) is 0 Å². The zero-order valence-corrected chi connectivity index (χ0v) is 10.1. The fourth-order valence-corrected chi connectivity index (χ4v) is 2.00. The minimum Gasteiger partial charge on any atom is -0.481 e.